The molecule has 0 fully saturated rings. The molecule has 0 bridgehead atoms. The van der Waals surface area contributed by atoms with Gasteiger partial charge in [0.1, 0.15) is 0 Å². The predicted octanol–water partition coefficient (Wildman–Crippen LogP) is 2.69. The first-order chi connectivity index (χ1) is 9.16. The van der Waals surface area contributed by atoms with E-state index in [1.807, 2.05) is 31.3 Å². The summed E-state index contributed by atoms with van der Waals surface area (Å²) in [6.07, 6.45) is 4.36. The number of pyridine rings is 1. The molecule has 0 N–H and O–H groups in total. The van der Waals surface area contributed by atoms with Crippen LogP contribution in [0.2, 0.25) is 0 Å². The molecule has 1 aromatic carbocycles. The molecule has 2 aromatic rings. The molecule has 98 valence electrons. The Kier molecular flexibility index (Phi) is 4.58. The van der Waals surface area contributed by atoms with Crippen LogP contribution in [0.5, 0.6) is 0 Å². The van der Waals surface area contributed by atoms with Crippen molar-refractivity contribution in [3.8, 4) is 0 Å². The van der Waals surface area contributed by atoms with Gasteiger partial charge in [-0.1, -0.05) is 0 Å². The molecular formula is C15H16N2OS. The first-order valence-corrected chi connectivity index (χ1v) is 6.55. The SMILES string of the molecule is CN(CCc1ccncc1)C(=O)c1ccc(S)cc1. The first-order valence-electron chi connectivity index (χ1n) is 6.10. The van der Waals surface area contributed by atoms with Crippen molar-refractivity contribution < 1.29 is 4.79 Å². The number of hydrogen-bond donors (Lipinski definition) is 1. The van der Waals surface area contributed by atoms with E-state index in [4.69, 9.17) is 0 Å². The lowest BCUT2D eigenvalue weighted by Crippen LogP contribution is -2.28. The Balaban J connectivity index is 1.94. The molecule has 1 aromatic heterocycles. The van der Waals surface area contributed by atoms with Crippen molar-refractivity contribution in [2.24, 2.45) is 0 Å². The van der Waals surface area contributed by atoms with E-state index in [1.54, 1.807) is 29.4 Å². The molecule has 0 radical (unpaired) electrons. The molecule has 0 aliphatic carbocycles. The van der Waals surface area contributed by atoms with Gasteiger partial charge < -0.3 is 4.90 Å². The number of carbonyl (C=O) groups excluding carboxylic acids is 1. The van der Waals surface area contributed by atoms with Crippen molar-refractivity contribution in [1.29, 1.82) is 0 Å². The highest BCUT2D eigenvalue weighted by atomic mass is 32.1. The number of hydrogen-bond acceptors (Lipinski definition) is 3. The number of rotatable bonds is 4. The molecule has 3 nitrogen and oxygen atoms in total. The fourth-order valence-electron chi connectivity index (χ4n) is 1.77. The molecule has 0 aliphatic rings. The Bertz CT molecular complexity index is 540. The third kappa shape index (κ3) is 3.83. The van der Waals surface area contributed by atoms with E-state index in [0.717, 1.165) is 11.3 Å². The van der Waals surface area contributed by atoms with E-state index in [2.05, 4.69) is 17.6 Å². The molecule has 4 heteroatoms. The van der Waals surface area contributed by atoms with Gasteiger partial charge in [0, 0.05) is 36.4 Å². The summed E-state index contributed by atoms with van der Waals surface area (Å²) in [4.78, 5) is 18.7. The monoisotopic (exact) mass is 272 g/mol. The second kappa shape index (κ2) is 6.38. The zero-order valence-electron chi connectivity index (χ0n) is 10.8. The summed E-state index contributed by atoms with van der Waals surface area (Å²) in [6.45, 7) is 0.686. The largest absolute Gasteiger partial charge is 0.341 e. The van der Waals surface area contributed by atoms with Crippen LogP contribution >= 0.6 is 12.6 Å². The minimum Gasteiger partial charge on any atom is -0.341 e. The topological polar surface area (TPSA) is 33.2 Å². The highest BCUT2D eigenvalue weighted by Gasteiger charge is 2.10. The predicted molar refractivity (Wildman–Crippen MR) is 78.6 cm³/mol. The van der Waals surface area contributed by atoms with Gasteiger partial charge in [-0.25, -0.2) is 0 Å². The van der Waals surface area contributed by atoms with Gasteiger partial charge in [0.15, 0.2) is 0 Å². The third-order valence-electron chi connectivity index (χ3n) is 2.95. The van der Waals surface area contributed by atoms with Crippen LogP contribution in [0.4, 0.5) is 0 Å². The average molecular weight is 272 g/mol. The molecule has 2 rings (SSSR count). The number of carbonyl (C=O) groups is 1. The molecule has 0 spiro atoms. The number of benzene rings is 1. The van der Waals surface area contributed by atoms with Crippen LogP contribution in [0.25, 0.3) is 0 Å². The smallest absolute Gasteiger partial charge is 0.253 e. The van der Waals surface area contributed by atoms with Crippen LogP contribution in [-0.2, 0) is 6.42 Å². The van der Waals surface area contributed by atoms with Crippen molar-refractivity contribution in [2.75, 3.05) is 13.6 Å². The number of aromatic nitrogens is 1. The van der Waals surface area contributed by atoms with Crippen molar-refractivity contribution in [2.45, 2.75) is 11.3 Å². The average Bonchev–Trinajstić information content (AvgIpc) is 2.46. The van der Waals surface area contributed by atoms with E-state index in [9.17, 15) is 4.79 Å². The Morgan fingerprint density at radius 1 is 1.16 bits per heavy atom. The summed E-state index contributed by atoms with van der Waals surface area (Å²) in [6, 6.07) is 11.2. The van der Waals surface area contributed by atoms with E-state index >= 15 is 0 Å². The second-order valence-electron chi connectivity index (χ2n) is 4.38. The minimum absolute atomic E-state index is 0.0300. The lowest BCUT2D eigenvalue weighted by molar-refractivity contribution is 0.0796. The maximum atomic E-state index is 12.2. The summed E-state index contributed by atoms with van der Waals surface area (Å²) in [5.74, 6) is 0.0300. The molecule has 0 unspecified atom stereocenters. The molecule has 19 heavy (non-hydrogen) atoms. The maximum Gasteiger partial charge on any atom is 0.253 e. The fraction of sp³-hybridized carbons (Fsp3) is 0.200. The van der Waals surface area contributed by atoms with E-state index in [1.165, 1.54) is 5.56 Å². The summed E-state index contributed by atoms with van der Waals surface area (Å²) in [5, 5.41) is 0. The normalized spacial score (nSPS) is 10.2. The van der Waals surface area contributed by atoms with Crippen LogP contribution in [0.3, 0.4) is 0 Å². The quantitative estimate of drug-likeness (QED) is 0.868. The van der Waals surface area contributed by atoms with Gasteiger partial charge in [-0.3, -0.25) is 9.78 Å². The number of amides is 1. The second-order valence-corrected chi connectivity index (χ2v) is 4.90. The van der Waals surface area contributed by atoms with Crippen LogP contribution < -0.4 is 0 Å². The van der Waals surface area contributed by atoms with Gasteiger partial charge in [0.05, 0.1) is 0 Å². The molecule has 1 amide bonds. The van der Waals surface area contributed by atoms with Crippen LogP contribution in [0, 0.1) is 0 Å². The summed E-state index contributed by atoms with van der Waals surface area (Å²) < 4.78 is 0. The number of thiol groups is 1. The molecule has 0 aliphatic heterocycles. The van der Waals surface area contributed by atoms with E-state index in [-0.39, 0.29) is 5.91 Å². The van der Waals surface area contributed by atoms with Gasteiger partial charge in [0.2, 0.25) is 0 Å². The summed E-state index contributed by atoms with van der Waals surface area (Å²) in [5.41, 5.74) is 1.87. The zero-order valence-corrected chi connectivity index (χ0v) is 11.7. The highest BCUT2D eigenvalue weighted by molar-refractivity contribution is 7.80. The molecule has 0 saturated heterocycles. The Morgan fingerprint density at radius 3 is 2.42 bits per heavy atom. The van der Waals surface area contributed by atoms with Crippen molar-refractivity contribution in [3.05, 3.63) is 59.9 Å². The molecular weight excluding hydrogens is 256 g/mol. The Hall–Kier alpha value is -1.81. The summed E-state index contributed by atoms with van der Waals surface area (Å²) in [7, 11) is 1.82. The Labute approximate surface area is 118 Å². The molecule has 1 heterocycles. The van der Waals surface area contributed by atoms with Crippen molar-refractivity contribution in [1.82, 2.24) is 9.88 Å². The van der Waals surface area contributed by atoms with Gasteiger partial charge >= 0.3 is 0 Å². The van der Waals surface area contributed by atoms with Crippen LogP contribution in [0.15, 0.2) is 53.7 Å². The van der Waals surface area contributed by atoms with Gasteiger partial charge in [-0.05, 0) is 48.4 Å². The van der Waals surface area contributed by atoms with E-state index in [0.29, 0.717) is 12.1 Å². The van der Waals surface area contributed by atoms with Crippen molar-refractivity contribution in [3.63, 3.8) is 0 Å². The van der Waals surface area contributed by atoms with E-state index < -0.39 is 0 Å². The highest BCUT2D eigenvalue weighted by Crippen LogP contribution is 2.10. The van der Waals surface area contributed by atoms with Gasteiger partial charge in [-0.15, -0.1) is 12.6 Å². The third-order valence-corrected chi connectivity index (χ3v) is 3.24. The first kappa shape index (κ1) is 13.6. The molecule has 0 atom stereocenters. The van der Waals surface area contributed by atoms with Gasteiger partial charge in [0.25, 0.3) is 5.91 Å². The fourth-order valence-corrected chi connectivity index (χ4v) is 1.92. The van der Waals surface area contributed by atoms with Crippen LogP contribution in [-0.4, -0.2) is 29.4 Å². The maximum absolute atomic E-state index is 12.2. The standard InChI is InChI=1S/C15H16N2OS/c1-17(11-8-12-6-9-16-10-7-12)15(18)13-2-4-14(19)5-3-13/h2-7,9-10,19H,8,11H2,1H3. The van der Waals surface area contributed by atoms with Gasteiger partial charge in [-0.2, -0.15) is 0 Å². The number of likely N-dealkylation sites (N-methyl/N-ethyl adjacent to an activating group) is 1. The lowest BCUT2D eigenvalue weighted by Gasteiger charge is -2.17. The molecule has 0 saturated carbocycles. The number of nitrogens with zero attached hydrogens (tertiary/aromatic N) is 2. The van der Waals surface area contributed by atoms with Crippen molar-refractivity contribution >= 4 is 18.5 Å². The lowest BCUT2D eigenvalue weighted by atomic mass is 10.1. The zero-order chi connectivity index (χ0) is 13.7. The minimum atomic E-state index is 0.0300. The summed E-state index contributed by atoms with van der Waals surface area (Å²) >= 11 is 4.21. The Morgan fingerprint density at radius 2 is 1.79 bits per heavy atom. The van der Waals surface area contributed by atoms with Crippen LogP contribution in [0.1, 0.15) is 15.9 Å².